The van der Waals surface area contributed by atoms with Crippen LogP contribution >= 0.6 is 0 Å². The summed E-state index contributed by atoms with van der Waals surface area (Å²) in [7, 11) is 0. The fraction of sp³-hybridized carbons (Fsp3) is 0.294. The lowest BCUT2D eigenvalue weighted by Gasteiger charge is -2.45. The number of rotatable bonds is 1. The second-order valence-corrected chi connectivity index (χ2v) is 5.52. The van der Waals surface area contributed by atoms with Gasteiger partial charge in [0.2, 0.25) is 0 Å². The smallest absolute Gasteiger partial charge is 0.0136 e. The Morgan fingerprint density at radius 2 is 1.32 bits per heavy atom. The zero-order valence-corrected chi connectivity index (χ0v) is 11.5. The van der Waals surface area contributed by atoms with E-state index in [4.69, 9.17) is 5.73 Å². The molecule has 2 heteroatoms. The molecule has 0 aliphatic heterocycles. The van der Waals surface area contributed by atoms with Crippen molar-refractivity contribution in [1.82, 2.24) is 0 Å². The van der Waals surface area contributed by atoms with Crippen LogP contribution in [0.4, 0.5) is 0 Å². The zero-order valence-electron chi connectivity index (χ0n) is 10.7. The normalized spacial score (nSPS) is 26.3. The zero-order chi connectivity index (χ0) is 12.1. The third-order valence-electron chi connectivity index (χ3n) is 4.73. The predicted octanol–water partition coefficient (Wildman–Crippen LogP) is 0.246. The Labute approximate surface area is 120 Å². The fourth-order valence-electron chi connectivity index (χ4n) is 3.99. The van der Waals surface area contributed by atoms with Crippen molar-refractivity contribution in [1.29, 1.82) is 0 Å². The summed E-state index contributed by atoms with van der Waals surface area (Å²) in [4.78, 5) is 0. The highest BCUT2D eigenvalue weighted by Crippen LogP contribution is 2.54. The summed E-state index contributed by atoms with van der Waals surface area (Å²) in [6.07, 6.45) is 1.22. The second kappa shape index (κ2) is 4.66. The Morgan fingerprint density at radius 3 is 1.79 bits per heavy atom. The summed E-state index contributed by atoms with van der Waals surface area (Å²) in [6, 6.07) is 17.9. The van der Waals surface area contributed by atoms with Gasteiger partial charge in [-0.05, 0) is 41.1 Å². The van der Waals surface area contributed by atoms with Crippen LogP contribution < -0.4 is 18.1 Å². The van der Waals surface area contributed by atoms with E-state index in [1.807, 2.05) is 0 Å². The quantitative estimate of drug-likeness (QED) is 0.790. The molecule has 2 N–H and O–H groups in total. The van der Waals surface area contributed by atoms with Crippen LogP contribution in [0, 0.1) is 5.92 Å². The number of hydrogen-bond acceptors (Lipinski definition) is 1. The van der Waals surface area contributed by atoms with Crippen LogP contribution in [0.5, 0.6) is 0 Å². The van der Waals surface area contributed by atoms with Crippen molar-refractivity contribution in [2.45, 2.75) is 18.3 Å². The summed E-state index contributed by atoms with van der Waals surface area (Å²) in [6.45, 7) is 0.795. The number of halogens is 1. The summed E-state index contributed by atoms with van der Waals surface area (Å²) in [5, 5.41) is 0. The van der Waals surface area contributed by atoms with E-state index in [9.17, 15) is 0 Å². The molecule has 0 saturated heterocycles. The molecule has 1 atom stereocenters. The highest BCUT2D eigenvalue weighted by atomic mass is 35.5. The van der Waals surface area contributed by atoms with Crippen LogP contribution in [-0.4, -0.2) is 6.54 Å². The van der Waals surface area contributed by atoms with E-state index >= 15 is 0 Å². The minimum absolute atomic E-state index is 0. The third-order valence-corrected chi connectivity index (χ3v) is 4.73. The Morgan fingerprint density at radius 1 is 0.842 bits per heavy atom. The maximum Gasteiger partial charge on any atom is 0.0136 e. The molecule has 2 bridgehead atoms. The molecule has 0 heterocycles. The lowest BCUT2D eigenvalue weighted by Crippen LogP contribution is -3.00. The maximum absolute atomic E-state index is 6.00. The van der Waals surface area contributed by atoms with Crippen LogP contribution in [-0.2, 0) is 0 Å². The molecule has 5 rings (SSSR count). The number of fused-ring (bicyclic) bond motifs is 1. The van der Waals surface area contributed by atoms with E-state index in [1.165, 1.54) is 28.7 Å². The summed E-state index contributed by atoms with van der Waals surface area (Å²) < 4.78 is 0. The van der Waals surface area contributed by atoms with E-state index in [1.54, 1.807) is 0 Å². The van der Waals surface area contributed by atoms with Crippen LogP contribution in [0.15, 0.2) is 48.5 Å². The molecule has 0 amide bonds. The van der Waals surface area contributed by atoms with Crippen molar-refractivity contribution in [3.05, 3.63) is 70.8 Å². The Balaban J connectivity index is 0.00000110. The van der Waals surface area contributed by atoms with E-state index in [0.29, 0.717) is 17.8 Å². The van der Waals surface area contributed by atoms with E-state index in [0.717, 1.165) is 6.54 Å². The molecule has 1 unspecified atom stereocenters. The molecule has 0 fully saturated rings. The molecular formula is C17H17ClN-. The molecule has 0 aromatic heterocycles. The minimum Gasteiger partial charge on any atom is -1.00 e. The molecule has 19 heavy (non-hydrogen) atoms. The lowest BCUT2D eigenvalue weighted by molar-refractivity contribution is -0.00000357. The molecule has 0 spiro atoms. The van der Waals surface area contributed by atoms with Gasteiger partial charge in [-0.1, -0.05) is 48.5 Å². The average Bonchev–Trinajstić information content (AvgIpc) is 2.47. The van der Waals surface area contributed by atoms with Crippen molar-refractivity contribution < 1.29 is 12.4 Å². The highest BCUT2D eigenvalue weighted by Gasteiger charge is 2.42. The molecule has 2 aromatic carbocycles. The van der Waals surface area contributed by atoms with Gasteiger partial charge < -0.3 is 18.1 Å². The first-order valence-electron chi connectivity index (χ1n) is 6.78. The molecule has 0 saturated carbocycles. The van der Waals surface area contributed by atoms with Gasteiger partial charge in [0.1, 0.15) is 0 Å². The Kier molecular flexibility index (Phi) is 3.12. The summed E-state index contributed by atoms with van der Waals surface area (Å²) in [5.41, 5.74) is 12.1. The van der Waals surface area contributed by atoms with Crippen molar-refractivity contribution in [3.63, 3.8) is 0 Å². The van der Waals surface area contributed by atoms with Gasteiger partial charge in [0.25, 0.3) is 0 Å². The molecule has 0 radical (unpaired) electrons. The molecule has 1 nitrogen and oxygen atoms in total. The summed E-state index contributed by atoms with van der Waals surface area (Å²) >= 11 is 0. The molecule has 2 aromatic rings. The first-order valence-corrected chi connectivity index (χ1v) is 6.78. The first kappa shape index (κ1) is 12.7. The first-order chi connectivity index (χ1) is 8.90. The largest absolute Gasteiger partial charge is 1.00 e. The second-order valence-electron chi connectivity index (χ2n) is 5.52. The van der Waals surface area contributed by atoms with Crippen molar-refractivity contribution >= 4 is 0 Å². The van der Waals surface area contributed by atoms with Gasteiger partial charge in [-0.15, -0.1) is 0 Å². The van der Waals surface area contributed by atoms with Crippen molar-refractivity contribution in [3.8, 4) is 0 Å². The van der Waals surface area contributed by atoms with Gasteiger partial charge in [0, 0.05) is 11.8 Å². The SMILES string of the molecule is NCC1CC2c3ccccc3C1c1ccccc12.[Cl-]. The third kappa shape index (κ3) is 1.65. The predicted molar refractivity (Wildman–Crippen MR) is 73.7 cm³/mol. The van der Waals surface area contributed by atoms with Gasteiger partial charge in [0.15, 0.2) is 0 Å². The standard InChI is InChI=1S/C17H17N.ClH/c18-10-11-9-16-12-5-1-3-7-14(12)17(11)15-8-4-2-6-13(15)16;/h1-8,11,16-17H,9-10,18H2;1H/p-1. The Bertz CT molecular complexity index is 560. The molecule has 3 aliphatic rings. The van der Waals surface area contributed by atoms with Crippen LogP contribution in [0.3, 0.4) is 0 Å². The summed E-state index contributed by atoms with van der Waals surface area (Å²) in [5.74, 6) is 1.70. The number of benzene rings is 2. The number of nitrogens with two attached hydrogens (primary N) is 1. The van der Waals surface area contributed by atoms with Crippen LogP contribution in [0.1, 0.15) is 40.5 Å². The van der Waals surface area contributed by atoms with Crippen LogP contribution in [0.2, 0.25) is 0 Å². The molecular weight excluding hydrogens is 254 g/mol. The lowest BCUT2D eigenvalue weighted by atomic mass is 9.59. The highest BCUT2D eigenvalue weighted by molar-refractivity contribution is 5.55. The van der Waals surface area contributed by atoms with E-state index < -0.39 is 0 Å². The van der Waals surface area contributed by atoms with Gasteiger partial charge in [-0.2, -0.15) is 0 Å². The number of hydrogen-bond donors (Lipinski definition) is 1. The fourth-order valence-corrected chi connectivity index (χ4v) is 3.99. The van der Waals surface area contributed by atoms with E-state index in [-0.39, 0.29) is 12.4 Å². The van der Waals surface area contributed by atoms with Crippen molar-refractivity contribution in [2.24, 2.45) is 11.7 Å². The van der Waals surface area contributed by atoms with Gasteiger partial charge in [-0.3, -0.25) is 0 Å². The van der Waals surface area contributed by atoms with Gasteiger partial charge in [-0.25, -0.2) is 0 Å². The topological polar surface area (TPSA) is 26.0 Å². The van der Waals surface area contributed by atoms with E-state index in [2.05, 4.69) is 48.5 Å². The Hall–Kier alpha value is -1.31. The minimum atomic E-state index is 0. The van der Waals surface area contributed by atoms with Crippen LogP contribution in [0.25, 0.3) is 0 Å². The van der Waals surface area contributed by atoms with Gasteiger partial charge in [0.05, 0.1) is 0 Å². The maximum atomic E-state index is 6.00. The average molecular weight is 271 g/mol. The molecule has 98 valence electrons. The monoisotopic (exact) mass is 270 g/mol. The molecule has 3 aliphatic carbocycles. The van der Waals surface area contributed by atoms with Gasteiger partial charge >= 0.3 is 0 Å². The van der Waals surface area contributed by atoms with Crippen molar-refractivity contribution in [2.75, 3.05) is 6.54 Å².